The van der Waals surface area contributed by atoms with Crippen molar-refractivity contribution in [1.82, 2.24) is 15.0 Å². The number of carbonyl (C=O) groups is 1. The highest BCUT2D eigenvalue weighted by Gasteiger charge is 2.32. The van der Waals surface area contributed by atoms with Crippen molar-refractivity contribution in [1.29, 1.82) is 0 Å². The molecular formula is C17H22N4O2. The van der Waals surface area contributed by atoms with Gasteiger partial charge in [0.2, 0.25) is 0 Å². The van der Waals surface area contributed by atoms with Gasteiger partial charge in [0.05, 0.1) is 5.52 Å². The Hall–Kier alpha value is -2.37. The van der Waals surface area contributed by atoms with Gasteiger partial charge in [0, 0.05) is 18.5 Å². The van der Waals surface area contributed by atoms with Gasteiger partial charge in [-0.25, -0.2) is 19.8 Å². The number of amides is 1. The minimum atomic E-state index is -0.518. The number of hydrogen-bond acceptors (Lipinski definition) is 5. The van der Waals surface area contributed by atoms with Crippen LogP contribution in [0.25, 0.3) is 10.9 Å². The number of ether oxygens (including phenoxy) is 1. The second-order valence-corrected chi connectivity index (χ2v) is 6.80. The Morgan fingerprint density at radius 3 is 2.74 bits per heavy atom. The summed E-state index contributed by atoms with van der Waals surface area (Å²) in [6, 6.07) is 6.05. The van der Waals surface area contributed by atoms with Crippen LogP contribution in [0.1, 0.15) is 32.8 Å². The molecule has 0 atom stereocenters. The first kappa shape index (κ1) is 15.5. The zero-order chi connectivity index (χ0) is 16.6. The molecule has 1 aliphatic heterocycles. The van der Waals surface area contributed by atoms with Crippen molar-refractivity contribution in [2.24, 2.45) is 0 Å². The molecule has 0 aliphatic carbocycles. The molecule has 23 heavy (non-hydrogen) atoms. The molecule has 6 heteroatoms. The molecule has 0 N–H and O–H groups in total. The van der Waals surface area contributed by atoms with Gasteiger partial charge in [-0.2, -0.15) is 0 Å². The van der Waals surface area contributed by atoms with Crippen LogP contribution in [0.4, 0.5) is 10.6 Å². The van der Waals surface area contributed by atoms with Crippen LogP contribution >= 0.6 is 0 Å². The fourth-order valence-corrected chi connectivity index (χ4v) is 2.70. The largest absolute Gasteiger partial charge is 0.442 e. The molecule has 1 amide bonds. The first-order valence-corrected chi connectivity index (χ1v) is 7.84. The molecule has 0 saturated carbocycles. The van der Waals surface area contributed by atoms with E-state index in [4.69, 9.17) is 4.74 Å². The molecule has 1 fully saturated rings. The summed E-state index contributed by atoms with van der Waals surface area (Å²) >= 11 is 0. The monoisotopic (exact) mass is 314 g/mol. The van der Waals surface area contributed by atoms with Crippen molar-refractivity contribution >= 4 is 22.8 Å². The maximum atomic E-state index is 12.5. The Labute approximate surface area is 136 Å². The number of aromatic nitrogens is 2. The number of fused-ring (bicyclic) bond motifs is 1. The average molecular weight is 314 g/mol. The summed E-state index contributed by atoms with van der Waals surface area (Å²) in [6.45, 7) is 9.01. The molecule has 1 saturated heterocycles. The molecule has 1 aromatic heterocycles. The summed E-state index contributed by atoms with van der Waals surface area (Å²) in [5, 5.41) is 4.48. The summed E-state index contributed by atoms with van der Waals surface area (Å²) < 4.78 is 5.51. The second kappa shape index (κ2) is 5.68. The van der Waals surface area contributed by atoms with E-state index in [1.54, 1.807) is 11.3 Å². The standard InChI is InChI=1S/C17H22N4O2/c1-12-6-7-14-13(10-12)15(19-11-18-14)20-8-5-9-21(20)16(22)23-17(2,3)4/h6-7,10-11H,5,8-9H2,1-4H3. The average Bonchev–Trinajstić information content (AvgIpc) is 2.94. The van der Waals surface area contributed by atoms with Gasteiger partial charge in [0.15, 0.2) is 5.82 Å². The van der Waals surface area contributed by atoms with E-state index in [0.29, 0.717) is 6.54 Å². The molecule has 1 aliphatic rings. The van der Waals surface area contributed by atoms with E-state index >= 15 is 0 Å². The van der Waals surface area contributed by atoms with Gasteiger partial charge in [0.1, 0.15) is 11.9 Å². The summed E-state index contributed by atoms with van der Waals surface area (Å²) in [5.74, 6) is 0.752. The molecule has 0 bridgehead atoms. The van der Waals surface area contributed by atoms with Crippen molar-refractivity contribution in [2.75, 3.05) is 18.1 Å². The summed E-state index contributed by atoms with van der Waals surface area (Å²) in [7, 11) is 0. The highest BCUT2D eigenvalue weighted by molar-refractivity contribution is 5.90. The van der Waals surface area contributed by atoms with Gasteiger partial charge in [-0.1, -0.05) is 11.6 Å². The van der Waals surface area contributed by atoms with Gasteiger partial charge in [0.25, 0.3) is 0 Å². The van der Waals surface area contributed by atoms with E-state index in [9.17, 15) is 4.79 Å². The fourth-order valence-electron chi connectivity index (χ4n) is 2.70. The van der Waals surface area contributed by atoms with Crippen molar-refractivity contribution in [3.63, 3.8) is 0 Å². The lowest BCUT2D eigenvalue weighted by Crippen LogP contribution is -2.44. The van der Waals surface area contributed by atoms with Crippen LogP contribution in [-0.2, 0) is 4.74 Å². The third-order valence-electron chi connectivity index (χ3n) is 3.65. The molecular weight excluding hydrogens is 292 g/mol. The first-order valence-electron chi connectivity index (χ1n) is 7.84. The molecule has 1 aromatic carbocycles. The van der Waals surface area contributed by atoms with Crippen molar-refractivity contribution < 1.29 is 9.53 Å². The van der Waals surface area contributed by atoms with Crippen LogP contribution in [-0.4, -0.2) is 39.8 Å². The molecule has 0 spiro atoms. The van der Waals surface area contributed by atoms with E-state index in [1.807, 2.05) is 44.8 Å². The van der Waals surface area contributed by atoms with E-state index in [2.05, 4.69) is 16.0 Å². The molecule has 0 radical (unpaired) electrons. The number of hydrogen-bond donors (Lipinski definition) is 0. The van der Waals surface area contributed by atoms with Crippen LogP contribution in [0.3, 0.4) is 0 Å². The molecule has 2 heterocycles. The minimum absolute atomic E-state index is 0.339. The van der Waals surface area contributed by atoms with Gasteiger partial charge in [-0.05, 0) is 46.2 Å². The summed E-state index contributed by atoms with van der Waals surface area (Å²) in [5.41, 5.74) is 1.49. The molecule has 0 unspecified atom stereocenters. The number of nitrogens with zero attached hydrogens (tertiary/aromatic N) is 4. The van der Waals surface area contributed by atoms with Gasteiger partial charge in [-0.15, -0.1) is 0 Å². The number of benzene rings is 1. The lowest BCUT2D eigenvalue weighted by Gasteiger charge is -2.31. The van der Waals surface area contributed by atoms with Gasteiger partial charge < -0.3 is 4.74 Å². The lowest BCUT2D eigenvalue weighted by atomic mass is 10.1. The quantitative estimate of drug-likeness (QED) is 0.808. The van der Waals surface area contributed by atoms with Crippen LogP contribution in [0.15, 0.2) is 24.5 Å². The maximum absolute atomic E-state index is 12.5. The number of aryl methyl sites for hydroxylation is 1. The molecule has 122 valence electrons. The van der Waals surface area contributed by atoms with E-state index in [1.165, 1.54) is 0 Å². The van der Waals surface area contributed by atoms with E-state index < -0.39 is 5.60 Å². The molecule has 3 rings (SSSR count). The van der Waals surface area contributed by atoms with Crippen molar-refractivity contribution in [3.05, 3.63) is 30.1 Å². The first-order chi connectivity index (χ1) is 10.8. The maximum Gasteiger partial charge on any atom is 0.429 e. The number of carbonyl (C=O) groups excluding carboxylic acids is 1. The summed E-state index contributed by atoms with van der Waals surface area (Å²) in [6.07, 6.45) is 2.09. The third kappa shape index (κ3) is 3.21. The Morgan fingerprint density at radius 2 is 2.00 bits per heavy atom. The number of rotatable bonds is 1. The number of hydrazine groups is 1. The SMILES string of the molecule is Cc1ccc2ncnc(N3CCCN3C(=O)OC(C)(C)C)c2c1. The highest BCUT2D eigenvalue weighted by Crippen LogP contribution is 2.28. The van der Waals surface area contributed by atoms with Gasteiger partial charge in [-0.3, -0.25) is 5.01 Å². The van der Waals surface area contributed by atoms with E-state index in [-0.39, 0.29) is 6.09 Å². The van der Waals surface area contributed by atoms with Crippen LogP contribution in [0, 0.1) is 6.92 Å². The van der Waals surface area contributed by atoms with Crippen molar-refractivity contribution in [3.8, 4) is 0 Å². The topological polar surface area (TPSA) is 58.6 Å². The smallest absolute Gasteiger partial charge is 0.429 e. The lowest BCUT2D eigenvalue weighted by molar-refractivity contribution is 0.0273. The zero-order valence-corrected chi connectivity index (χ0v) is 14.0. The predicted molar refractivity (Wildman–Crippen MR) is 89.2 cm³/mol. The Kier molecular flexibility index (Phi) is 3.83. The predicted octanol–water partition coefficient (Wildman–Crippen LogP) is 3.30. The van der Waals surface area contributed by atoms with Crippen LogP contribution < -0.4 is 5.01 Å². The van der Waals surface area contributed by atoms with Crippen LogP contribution in [0.2, 0.25) is 0 Å². The highest BCUT2D eigenvalue weighted by atomic mass is 16.6. The van der Waals surface area contributed by atoms with Crippen LogP contribution in [0.5, 0.6) is 0 Å². The normalized spacial score (nSPS) is 15.3. The minimum Gasteiger partial charge on any atom is -0.442 e. The number of anilines is 1. The Bertz CT molecular complexity index is 739. The molecule has 2 aromatic rings. The van der Waals surface area contributed by atoms with Gasteiger partial charge >= 0.3 is 6.09 Å². The second-order valence-electron chi connectivity index (χ2n) is 6.80. The zero-order valence-electron chi connectivity index (χ0n) is 14.0. The molecule has 6 nitrogen and oxygen atoms in total. The fraction of sp³-hybridized carbons (Fsp3) is 0.471. The Balaban J connectivity index is 1.97. The third-order valence-corrected chi connectivity index (χ3v) is 3.65. The Morgan fingerprint density at radius 1 is 1.22 bits per heavy atom. The van der Waals surface area contributed by atoms with Crippen molar-refractivity contribution in [2.45, 2.75) is 39.7 Å². The summed E-state index contributed by atoms with van der Waals surface area (Å²) in [4.78, 5) is 21.2. The van der Waals surface area contributed by atoms with E-state index in [0.717, 1.165) is 35.2 Å².